The van der Waals surface area contributed by atoms with Crippen LogP contribution in [0.25, 0.3) is 0 Å². The van der Waals surface area contributed by atoms with Crippen molar-refractivity contribution in [2.75, 3.05) is 18.4 Å². The molecular formula is C15H19N3O2S. The summed E-state index contributed by atoms with van der Waals surface area (Å²) in [6.45, 7) is 2.59. The molecule has 0 saturated carbocycles. The van der Waals surface area contributed by atoms with Crippen LogP contribution in [0.1, 0.15) is 25.3 Å². The van der Waals surface area contributed by atoms with Crippen molar-refractivity contribution >= 4 is 34.7 Å². The predicted molar refractivity (Wildman–Crippen MR) is 85.9 cm³/mol. The highest BCUT2D eigenvalue weighted by Crippen LogP contribution is 2.18. The third-order valence-corrected chi connectivity index (χ3v) is 3.82. The lowest BCUT2D eigenvalue weighted by Gasteiger charge is -2.30. The van der Waals surface area contributed by atoms with Gasteiger partial charge in [-0.15, -0.1) is 0 Å². The van der Waals surface area contributed by atoms with E-state index in [1.165, 1.54) is 0 Å². The van der Waals surface area contributed by atoms with Gasteiger partial charge in [-0.3, -0.25) is 9.59 Å². The van der Waals surface area contributed by atoms with E-state index >= 15 is 0 Å². The summed E-state index contributed by atoms with van der Waals surface area (Å²) in [6.07, 6.45) is 1.82. The highest BCUT2D eigenvalue weighted by molar-refractivity contribution is 7.80. The van der Waals surface area contributed by atoms with Gasteiger partial charge < -0.3 is 16.0 Å². The van der Waals surface area contributed by atoms with Crippen LogP contribution >= 0.6 is 12.2 Å². The quantitative estimate of drug-likeness (QED) is 0.827. The molecule has 1 heterocycles. The fraction of sp³-hybridized carbons (Fsp3) is 0.400. The molecule has 3 N–H and O–H groups in total. The average Bonchev–Trinajstić information content (AvgIpc) is 2.44. The predicted octanol–water partition coefficient (Wildman–Crippen LogP) is 1.52. The van der Waals surface area contributed by atoms with Gasteiger partial charge in [-0.25, -0.2) is 0 Å². The van der Waals surface area contributed by atoms with Crippen LogP contribution in [0.15, 0.2) is 24.3 Å². The van der Waals surface area contributed by atoms with Gasteiger partial charge in [-0.2, -0.15) is 0 Å². The van der Waals surface area contributed by atoms with Crippen molar-refractivity contribution in [1.82, 2.24) is 4.90 Å². The Morgan fingerprint density at radius 3 is 2.90 bits per heavy atom. The average molecular weight is 305 g/mol. The van der Waals surface area contributed by atoms with E-state index in [4.69, 9.17) is 18.0 Å². The van der Waals surface area contributed by atoms with E-state index in [2.05, 4.69) is 5.32 Å². The highest BCUT2D eigenvalue weighted by atomic mass is 32.1. The number of nitrogens with two attached hydrogens (primary N) is 1. The summed E-state index contributed by atoms with van der Waals surface area (Å²) in [7, 11) is 0. The molecule has 112 valence electrons. The van der Waals surface area contributed by atoms with Crippen LogP contribution in [0.4, 0.5) is 5.69 Å². The summed E-state index contributed by atoms with van der Waals surface area (Å²) in [4.78, 5) is 25.9. The molecule has 1 unspecified atom stereocenters. The highest BCUT2D eigenvalue weighted by Gasteiger charge is 2.26. The van der Waals surface area contributed by atoms with Crippen molar-refractivity contribution in [3.63, 3.8) is 0 Å². The molecule has 0 aromatic heterocycles. The van der Waals surface area contributed by atoms with Crippen LogP contribution in [-0.2, 0) is 9.59 Å². The maximum Gasteiger partial charge on any atom is 0.244 e. The molecule has 1 atom stereocenters. The molecule has 0 radical (unpaired) electrons. The lowest BCUT2D eigenvalue weighted by atomic mass is 9.99. The Balaban J connectivity index is 2.02. The van der Waals surface area contributed by atoms with E-state index in [0.717, 1.165) is 12.8 Å². The molecule has 2 rings (SSSR count). The Morgan fingerprint density at radius 2 is 2.19 bits per heavy atom. The fourth-order valence-electron chi connectivity index (χ4n) is 2.46. The minimum atomic E-state index is -0.235. The molecule has 0 aliphatic carbocycles. The maximum atomic E-state index is 12.1. The van der Waals surface area contributed by atoms with E-state index in [0.29, 0.717) is 17.8 Å². The topological polar surface area (TPSA) is 75.4 Å². The van der Waals surface area contributed by atoms with Gasteiger partial charge in [0.1, 0.15) is 4.99 Å². The number of carbonyl (C=O) groups excluding carboxylic acids is 2. The zero-order valence-corrected chi connectivity index (χ0v) is 12.8. The van der Waals surface area contributed by atoms with Crippen LogP contribution in [0.5, 0.6) is 0 Å². The van der Waals surface area contributed by atoms with Gasteiger partial charge in [-0.1, -0.05) is 31.3 Å². The monoisotopic (exact) mass is 305 g/mol. The molecule has 1 aliphatic rings. The zero-order valence-electron chi connectivity index (χ0n) is 12.0. The largest absolute Gasteiger partial charge is 0.389 e. The second kappa shape index (κ2) is 6.67. The normalized spacial score (nSPS) is 18.4. The van der Waals surface area contributed by atoms with E-state index in [1.807, 2.05) is 6.92 Å². The van der Waals surface area contributed by atoms with Gasteiger partial charge in [0.15, 0.2) is 0 Å². The summed E-state index contributed by atoms with van der Waals surface area (Å²) in [5.74, 6) is -0.198. The van der Waals surface area contributed by atoms with Crippen LogP contribution in [0.3, 0.4) is 0 Å². The van der Waals surface area contributed by atoms with Gasteiger partial charge in [0.25, 0.3) is 0 Å². The minimum Gasteiger partial charge on any atom is -0.389 e. The molecule has 2 amide bonds. The summed E-state index contributed by atoms with van der Waals surface area (Å²) in [5, 5.41) is 2.77. The number of nitrogens with zero attached hydrogens (tertiary/aromatic N) is 1. The lowest BCUT2D eigenvalue weighted by Crippen LogP contribution is -2.44. The molecule has 1 saturated heterocycles. The number of para-hydroxylation sites is 1. The number of anilines is 1. The first kappa shape index (κ1) is 15.4. The van der Waals surface area contributed by atoms with Crippen molar-refractivity contribution in [1.29, 1.82) is 0 Å². The Labute approximate surface area is 129 Å². The fourth-order valence-corrected chi connectivity index (χ4v) is 2.64. The zero-order chi connectivity index (χ0) is 15.4. The van der Waals surface area contributed by atoms with Crippen molar-refractivity contribution in [3.05, 3.63) is 29.8 Å². The molecule has 1 fully saturated rings. The van der Waals surface area contributed by atoms with Crippen molar-refractivity contribution in [2.45, 2.75) is 19.8 Å². The molecule has 0 bridgehead atoms. The first-order chi connectivity index (χ1) is 9.99. The summed E-state index contributed by atoms with van der Waals surface area (Å²) in [6, 6.07) is 7.10. The number of nitrogens with one attached hydrogen (secondary N) is 1. The number of thiocarbonyl (C=S) groups is 1. The number of rotatable bonds is 4. The molecule has 6 heteroatoms. The Kier molecular flexibility index (Phi) is 4.90. The molecular weight excluding hydrogens is 286 g/mol. The second-order valence-corrected chi connectivity index (χ2v) is 5.70. The van der Waals surface area contributed by atoms with Gasteiger partial charge in [0, 0.05) is 18.0 Å². The van der Waals surface area contributed by atoms with Crippen molar-refractivity contribution in [3.8, 4) is 0 Å². The van der Waals surface area contributed by atoms with Crippen LogP contribution in [-0.4, -0.2) is 34.8 Å². The number of hydrogen-bond donors (Lipinski definition) is 2. The second-order valence-electron chi connectivity index (χ2n) is 5.26. The number of hydrogen-bond acceptors (Lipinski definition) is 3. The lowest BCUT2D eigenvalue weighted by molar-refractivity contribution is -0.140. The first-order valence-corrected chi connectivity index (χ1v) is 7.37. The number of amides is 2. The molecule has 0 spiro atoms. The number of benzene rings is 1. The van der Waals surface area contributed by atoms with Gasteiger partial charge in [-0.05, 0) is 25.0 Å². The Bertz CT molecular complexity index is 574. The SMILES string of the molecule is CC1CCCN(CC(=O)Nc2ccccc2C(N)=S)C1=O. The van der Waals surface area contributed by atoms with Gasteiger partial charge in [0.05, 0.1) is 12.2 Å². The third-order valence-electron chi connectivity index (χ3n) is 3.60. The molecule has 1 aliphatic heterocycles. The van der Waals surface area contributed by atoms with E-state index in [1.54, 1.807) is 29.2 Å². The number of likely N-dealkylation sites (tertiary alicyclic amines) is 1. The van der Waals surface area contributed by atoms with Crippen LogP contribution in [0.2, 0.25) is 0 Å². The Morgan fingerprint density at radius 1 is 1.48 bits per heavy atom. The van der Waals surface area contributed by atoms with Crippen molar-refractivity contribution < 1.29 is 9.59 Å². The standard InChI is InChI=1S/C15H19N3O2S/c1-10-5-4-8-18(15(10)20)9-13(19)17-12-7-3-2-6-11(12)14(16)21/h2-3,6-7,10H,4-5,8-9H2,1H3,(H2,16,21)(H,17,19). The molecule has 1 aromatic rings. The molecule has 5 nitrogen and oxygen atoms in total. The summed E-state index contributed by atoms with van der Waals surface area (Å²) >= 11 is 4.96. The first-order valence-electron chi connectivity index (χ1n) is 6.96. The molecule has 1 aromatic carbocycles. The van der Waals surface area contributed by atoms with Gasteiger partial charge in [0.2, 0.25) is 11.8 Å². The minimum absolute atomic E-state index is 0.00421. The van der Waals surface area contributed by atoms with Crippen molar-refractivity contribution in [2.24, 2.45) is 11.7 Å². The molecule has 21 heavy (non-hydrogen) atoms. The van der Waals surface area contributed by atoms with Crippen LogP contribution < -0.4 is 11.1 Å². The number of piperidine rings is 1. The van der Waals surface area contributed by atoms with E-state index in [9.17, 15) is 9.59 Å². The summed E-state index contributed by atoms with van der Waals surface area (Å²) < 4.78 is 0. The van der Waals surface area contributed by atoms with E-state index < -0.39 is 0 Å². The van der Waals surface area contributed by atoms with Gasteiger partial charge >= 0.3 is 0 Å². The third kappa shape index (κ3) is 3.78. The number of carbonyl (C=O) groups is 2. The Hall–Kier alpha value is -1.95. The van der Waals surface area contributed by atoms with Crippen LogP contribution in [0, 0.1) is 5.92 Å². The maximum absolute atomic E-state index is 12.1. The smallest absolute Gasteiger partial charge is 0.244 e. The summed E-state index contributed by atoms with van der Waals surface area (Å²) in [5.41, 5.74) is 6.83. The van der Waals surface area contributed by atoms with E-state index in [-0.39, 0.29) is 29.3 Å².